The molecule has 0 aliphatic heterocycles. The van der Waals surface area contributed by atoms with E-state index in [1.807, 2.05) is 0 Å². The van der Waals surface area contributed by atoms with Crippen LogP contribution in [0.2, 0.25) is 0 Å². The van der Waals surface area contributed by atoms with E-state index in [1.165, 1.54) is 0 Å². The molecule has 0 N–H and O–H groups in total. The molecule has 0 saturated carbocycles. The molecule has 0 fully saturated rings. The summed E-state index contributed by atoms with van der Waals surface area (Å²) < 4.78 is 9.37. The molecule has 0 saturated heterocycles. The minimum atomic E-state index is -0.839. The second-order valence-corrected chi connectivity index (χ2v) is 2.84. The fraction of sp³-hybridized carbons (Fsp3) is 0.750. The van der Waals surface area contributed by atoms with Gasteiger partial charge in [-0.15, -0.1) is 0 Å². The molecule has 0 rings (SSSR count). The predicted molar refractivity (Wildman–Crippen MR) is 47.7 cm³/mol. The summed E-state index contributed by atoms with van der Waals surface area (Å²) in [7, 11) is 0. The lowest BCUT2D eigenvalue weighted by molar-refractivity contribution is -0.148. The summed E-state index contributed by atoms with van der Waals surface area (Å²) >= 11 is 4.93. The Kier molecular flexibility index (Phi) is 6.32. The summed E-state index contributed by atoms with van der Waals surface area (Å²) in [5, 5.41) is 0. The van der Waals surface area contributed by atoms with Crippen LogP contribution in [0.25, 0.3) is 0 Å². The molecule has 13 heavy (non-hydrogen) atoms. The number of carbonyl (C=O) groups is 2. The largest absolute Gasteiger partial charge is 0.463 e. The van der Waals surface area contributed by atoms with E-state index < -0.39 is 5.43 Å². The number of esters is 1. The van der Waals surface area contributed by atoms with E-state index in [-0.39, 0.29) is 18.7 Å². The van der Waals surface area contributed by atoms with E-state index in [0.717, 1.165) is 0 Å². The molecule has 5 heteroatoms. The van der Waals surface area contributed by atoms with Crippen LogP contribution in [0.4, 0.5) is 4.79 Å². The Hall–Kier alpha value is -0.770. The normalized spacial score (nSPS) is 11.9. The molecule has 76 valence electrons. The molecular weight excluding hydrogens is 196 g/mol. The van der Waals surface area contributed by atoms with Crippen molar-refractivity contribution in [3.8, 4) is 0 Å². The van der Waals surface area contributed by atoms with Gasteiger partial charge < -0.3 is 9.47 Å². The minimum absolute atomic E-state index is 0.167. The highest BCUT2D eigenvalue weighted by atomic mass is 35.5. The molecule has 0 bridgehead atoms. The number of rotatable bonds is 5. The second kappa shape index (κ2) is 6.71. The highest BCUT2D eigenvalue weighted by Gasteiger charge is 2.07. The summed E-state index contributed by atoms with van der Waals surface area (Å²) in [6, 6.07) is 0. The Morgan fingerprint density at radius 3 is 2.54 bits per heavy atom. The molecule has 0 amide bonds. The minimum Gasteiger partial charge on any atom is -0.463 e. The van der Waals surface area contributed by atoms with E-state index in [2.05, 4.69) is 4.74 Å². The third-order valence-corrected chi connectivity index (χ3v) is 1.47. The molecule has 0 aliphatic carbocycles. The standard InChI is InChI=1S/C8H13ClO4/c1-3-7(10)13-6(2)4-5-12-8(9)11/h6H,3-5H2,1-2H3. The van der Waals surface area contributed by atoms with Crippen molar-refractivity contribution in [3.05, 3.63) is 0 Å². The predicted octanol–water partition coefficient (Wildman–Crippen LogP) is 2.09. The van der Waals surface area contributed by atoms with Crippen molar-refractivity contribution in [2.24, 2.45) is 0 Å². The second-order valence-electron chi connectivity index (χ2n) is 2.53. The average molecular weight is 209 g/mol. The number of halogens is 1. The van der Waals surface area contributed by atoms with Crippen LogP contribution in [0.15, 0.2) is 0 Å². The van der Waals surface area contributed by atoms with Crippen LogP contribution in [0.3, 0.4) is 0 Å². The maximum atomic E-state index is 10.8. The van der Waals surface area contributed by atoms with Crippen molar-refractivity contribution in [1.82, 2.24) is 0 Å². The number of hydrogen-bond donors (Lipinski definition) is 0. The van der Waals surface area contributed by atoms with Gasteiger partial charge in [0.2, 0.25) is 0 Å². The van der Waals surface area contributed by atoms with Crippen LogP contribution in [-0.4, -0.2) is 24.1 Å². The van der Waals surface area contributed by atoms with E-state index >= 15 is 0 Å². The smallest absolute Gasteiger partial charge is 0.403 e. The van der Waals surface area contributed by atoms with Gasteiger partial charge in [0.25, 0.3) is 0 Å². The molecule has 0 aromatic carbocycles. The van der Waals surface area contributed by atoms with Gasteiger partial charge in [-0.1, -0.05) is 6.92 Å². The summed E-state index contributed by atoms with van der Waals surface area (Å²) in [5.41, 5.74) is -0.839. The number of hydrogen-bond acceptors (Lipinski definition) is 4. The van der Waals surface area contributed by atoms with Gasteiger partial charge in [0.1, 0.15) is 6.10 Å². The van der Waals surface area contributed by atoms with Crippen LogP contribution in [0.5, 0.6) is 0 Å². The van der Waals surface area contributed by atoms with Gasteiger partial charge in [-0.3, -0.25) is 4.79 Å². The number of ether oxygens (including phenoxy) is 2. The van der Waals surface area contributed by atoms with Crippen LogP contribution in [-0.2, 0) is 14.3 Å². The first-order valence-corrected chi connectivity index (χ1v) is 4.45. The van der Waals surface area contributed by atoms with Gasteiger partial charge in [-0.05, 0) is 6.92 Å². The molecule has 0 spiro atoms. The van der Waals surface area contributed by atoms with Gasteiger partial charge in [0.15, 0.2) is 0 Å². The first-order chi connectivity index (χ1) is 6.06. The van der Waals surface area contributed by atoms with Gasteiger partial charge in [0.05, 0.1) is 6.61 Å². The number of carbonyl (C=O) groups excluding carboxylic acids is 2. The van der Waals surface area contributed by atoms with Gasteiger partial charge >= 0.3 is 11.4 Å². The highest BCUT2D eigenvalue weighted by Crippen LogP contribution is 2.01. The molecule has 0 radical (unpaired) electrons. The fourth-order valence-electron chi connectivity index (χ4n) is 0.672. The maximum absolute atomic E-state index is 10.8. The lowest BCUT2D eigenvalue weighted by Gasteiger charge is -2.11. The lowest BCUT2D eigenvalue weighted by Crippen LogP contribution is -2.16. The van der Waals surface area contributed by atoms with Crippen molar-refractivity contribution in [2.45, 2.75) is 32.8 Å². The first kappa shape index (κ1) is 12.2. The van der Waals surface area contributed by atoms with Crippen molar-refractivity contribution >= 4 is 23.0 Å². The molecule has 0 aliphatic rings. The highest BCUT2D eigenvalue weighted by molar-refractivity contribution is 6.61. The summed E-state index contributed by atoms with van der Waals surface area (Å²) in [5.74, 6) is -0.260. The van der Waals surface area contributed by atoms with E-state index in [9.17, 15) is 9.59 Å². The lowest BCUT2D eigenvalue weighted by atomic mass is 10.3. The zero-order valence-corrected chi connectivity index (χ0v) is 8.47. The summed E-state index contributed by atoms with van der Waals surface area (Å²) in [4.78, 5) is 20.9. The fourth-order valence-corrected chi connectivity index (χ4v) is 0.749. The molecule has 0 aromatic heterocycles. The topological polar surface area (TPSA) is 52.6 Å². The van der Waals surface area contributed by atoms with Gasteiger partial charge in [-0.2, -0.15) is 0 Å². The first-order valence-electron chi connectivity index (χ1n) is 4.08. The zero-order chi connectivity index (χ0) is 10.3. The average Bonchev–Trinajstić information content (AvgIpc) is 2.03. The summed E-state index contributed by atoms with van der Waals surface area (Å²) in [6.45, 7) is 3.62. The van der Waals surface area contributed by atoms with Crippen molar-refractivity contribution < 1.29 is 19.1 Å². The monoisotopic (exact) mass is 208 g/mol. The van der Waals surface area contributed by atoms with Crippen molar-refractivity contribution in [1.29, 1.82) is 0 Å². The quantitative estimate of drug-likeness (QED) is 0.513. The molecular formula is C8H13ClO4. The van der Waals surface area contributed by atoms with Crippen LogP contribution < -0.4 is 0 Å². The Bertz CT molecular complexity index is 181. The molecule has 0 heterocycles. The van der Waals surface area contributed by atoms with Crippen molar-refractivity contribution in [2.75, 3.05) is 6.61 Å². The SMILES string of the molecule is CCC(=O)OC(C)CCOC(=O)Cl. The molecule has 1 atom stereocenters. The van der Waals surface area contributed by atoms with E-state index in [4.69, 9.17) is 16.3 Å². The van der Waals surface area contributed by atoms with Crippen LogP contribution in [0.1, 0.15) is 26.7 Å². The Balaban J connectivity index is 3.45. The van der Waals surface area contributed by atoms with Crippen molar-refractivity contribution in [3.63, 3.8) is 0 Å². The van der Waals surface area contributed by atoms with Gasteiger partial charge in [0, 0.05) is 24.4 Å². The Morgan fingerprint density at radius 1 is 1.46 bits per heavy atom. The molecule has 1 unspecified atom stereocenters. The van der Waals surface area contributed by atoms with E-state index in [1.54, 1.807) is 13.8 Å². The van der Waals surface area contributed by atoms with E-state index in [0.29, 0.717) is 12.8 Å². The molecule has 0 aromatic rings. The van der Waals surface area contributed by atoms with Gasteiger partial charge in [-0.25, -0.2) is 4.79 Å². The van der Waals surface area contributed by atoms with Crippen LogP contribution in [0, 0.1) is 0 Å². The third kappa shape index (κ3) is 7.59. The molecule has 4 nitrogen and oxygen atoms in total. The zero-order valence-electron chi connectivity index (χ0n) is 7.71. The maximum Gasteiger partial charge on any atom is 0.403 e. The van der Waals surface area contributed by atoms with Crippen LogP contribution >= 0.6 is 11.6 Å². The Labute approximate surface area is 82.1 Å². The Morgan fingerprint density at radius 2 is 2.08 bits per heavy atom. The summed E-state index contributed by atoms with van der Waals surface area (Å²) in [6.07, 6.45) is 0.563. The third-order valence-electron chi connectivity index (χ3n) is 1.36.